The number of non-ortho nitro benzene ring substituents is 1. The van der Waals surface area contributed by atoms with Crippen molar-refractivity contribution in [3.8, 4) is 5.75 Å². The number of aromatic hydroxyl groups is 1. The molecule has 0 aliphatic carbocycles. The highest BCUT2D eigenvalue weighted by atomic mass is 32.2. The number of phenolic OH excluding ortho intramolecular Hbond substituents is 1. The summed E-state index contributed by atoms with van der Waals surface area (Å²) < 4.78 is 27.4. The van der Waals surface area contributed by atoms with Gasteiger partial charge in [0.1, 0.15) is 5.75 Å². The first-order chi connectivity index (χ1) is 14.8. The maximum atomic E-state index is 13.3. The summed E-state index contributed by atoms with van der Waals surface area (Å²) in [6, 6.07) is 9.95. The predicted molar refractivity (Wildman–Crippen MR) is 113 cm³/mol. The van der Waals surface area contributed by atoms with E-state index in [0.717, 1.165) is 30.5 Å². The van der Waals surface area contributed by atoms with E-state index >= 15 is 0 Å². The van der Waals surface area contributed by atoms with Crippen molar-refractivity contribution >= 4 is 27.3 Å². The highest BCUT2D eigenvalue weighted by molar-refractivity contribution is 7.89. The number of sulfonamides is 1. The lowest BCUT2D eigenvalue weighted by atomic mass is 9.95. The van der Waals surface area contributed by atoms with Crippen LogP contribution in [0.25, 0.3) is 0 Å². The van der Waals surface area contributed by atoms with Gasteiger partial charge < -0.3 is 10.0 Å². The third-order valence-corrected chi connectivity index (χ3v) is 7.76. The number of carbonyl (C=O) groups excluding carboxylic acids is 1. The van der Waals surface area contributed by atoms with Crippen molar-refractivity contribution in [1.82, 2.24) is 4.31 Å². The minimum Gasteiger partial charge on any atom is -0.506 e. The van der Waals surface area contributed by atoms with E-state index in [1.165, 1.54) is 16.4 Å². The van der Waals surface area contributed by atoms with Crippen LogP contribution < -0.4 is 4.90 Å². The van der Waals surface area contributed by atoms with Crippen molar-refractivity contribution in [3.63, 3.8) is 0 Å². The van der Waals surface area contributed by atoms with E-state index in [4.69, 9.17) is 0 Å². The molecule has 1 N–H and O–H groups in total. The van der Waals surface area contributed by atoms with Gasteiger partial charge in [-0.15, -0.1) is 0 Å². The maximum Gasteiger partial charge on any atom is 0.269 e. The summed E-state index contributed by atoms with van der Waals surface area (Å²) in [5, 5.41) is 21.1. The molecule has 0 spiro atoms. The highest BCUT2D eigenvalue weighted by Gasteiger charge is 2.37. The molecule has 1 fully saturated rings. The number of nitro groups is 1. The van der Waals surface area contributed by atoms with Crippen molar-refractivity contribution in [1.29, 1.82) is 0 Å². The third-order valence-electron chi connectivity index (χ3n) is 5.88. The number of hydrogen-bond acceptors (Lipinski definition) is 6. The molecule has 0 bridgehead atoms. The number of amides is 1. The molecular formula is C21H23N3O6S. The second-order valence-corrected chi connectivity index (χ2v) is 9.77. The zero-order chi connectivity index (χ0) is 22.2. The van der Waals surface area contributed by atoms with Crippen LogP contribution in [0.2, 0.25) is 0 Å². The summed E-state index contributed by atoms with van der Waals surface area (Å²) in [6.45, 7) is 0.803. The van der Waals surface area contributed by atoms with Gasteiger partial charge in [0.2, 0.25) is 15.9 Å². The Morgan fingerprint density at radius 3 is 2.55 bits per heavy atom. The van der Waals surface area contributed by atoms with Gasteiger partial charge >= 0.3 is 0 Å². The summed E-state index contributed by atoms with van der Waals surface area (Å²) in [5.41, 5.74) is 1.24. The van der Waals surface area contributed by atoms with Crippen LogP contribution in [0.5, 0.6) is 5.75 Å². The lowest BCUT2D eigenvalue weighted by Crippen LogP contribution is -2.48. The normalized spacial score (nSPS) is 19.6. The van der Waals surface area contributed by atoms with Crippen LogP contribution in [-0.2, 0) is 21.2 Å². The number of anilines is 1. The number of fused-ring (bicyclic) bond motifs is 1. The Morgan fingerprint density at radius 2 is 1.84 bits per heavy atom. The van der Waals surface area contributed by atoms with Gasteiger partial charge in [-0.2, -0.15) is 4.31 Å². The summed E-state index contributed by atoms with van der Waals surface area (Å²) >= 11 is 0. The quantitative estimate of drug-likeness (QED) is 0.570. The first-order valence-electron chi connectivity index (χ1n) is 10.2. The summed E-state index contributed by atoms with van der Waals surface area (Å²) in [6.07, 6.45) is 2.65. The van der Waals surface area contributed by atoms with Gasteiger partial charge in [0, 0.05) is 31.8 Å². The molecule has 0 saturated carbocycles. The van der Waals surface area contributed by atoms with Crippen LogP contribution in [0.1, 0.15) is 24.8 Å². The van der Waals surface area contributed by atoms with Crippen LogP contribution in [0.4, 0.5) is 11.4 Å². The molecule has 1 amide bonds. The Balaban J connectivity index is 1.55. The van der Waals surface area contributed by atoms with Crippen LogP contribution in [0.15, 0.2) is 47.4 Å². The van der Waals surface area contributed by atoms with Crippen LogP contribution in [0, 0.1) is 16.0 Å². The lowest BCUT2D eigenvalue weighted by molar-refractivity contribution is -0.384. The Hall–Kier alpha value is -2.98. The molecule has 0 radical (unpaired) electrons. The van der Waals surface area contributed by atoms with E-state index in [9.17, 15) is 28.4 Å². The van der Waals surface area contributed by atoms with Crippen LogP contribution in [0.3, 0.4) is 0 Å². The van der Waals surface area contributed by atoms with Crippen molar-refractivity contribution in [2.24, 2.45) is 5.92 Å². The Labute approximate surface area is 180 Å². The van der Waals surface area contributed by atoms with Crippen molar-refractivity contribution in [2.45, 2.75) is 30.6 Å². The predicted octanol–water partition coefficient (Wildman–Crippen LogP) is 2.68. The molecule has 2 aliphatic heterocycles. The number of phenols is 1. The smallest absolute Gasteiger partial charge is 0.269 e. The Bertz CT molecular complexity index is 1120. The zero-order valence-electron chi connectivity index (χ0n) is 16.8. The molecule has 1 atom stereocenters. The number of nitrogens with zero attached hydrogens (tertiary/aromatic N) is 3. The molecule has 164 valence electrons. The first-order valence-corrected chi connectivity index (χ1v) is 11.6. The number of carbonyl (C=O) groups is 1. The van der Waals surface area contributed by atoms with Crippen molar-refractivity contribution in [2.75, 3.05) is 24.5 Å². The number of rotatable bonds is 4. The van der Waals surface area contributed by atoms with Gasteiger partial charge in [0.15, 0.2) is 0 Å². The molecule has 2 heterocycles. The molecule has 4 rings (SSSR count). The summed E-state index contributed by atoms with van der Waals surface area (Å²) in [4.78, 5) is 25.1. The van der Waals surface area contributed by atoms with E-state index in [2.05, 4.69) is 0 Å². The average molecular weight is 445 g/mol. The number of nitro benzene ring substituents is 1. The van der Waals surface area contributed by atoms with E-state index in [-0.39, 0.29) is 35.3 Å². The third kappa shape index (κ3) is 4.00. The summed E-state index contributed by atoms with van der Waals surface area (Å²) in [7, 11) is -3.88. The number of aryl methyl sites for hydroxylation is 1. The second kappa shape index (κ2) is 8.27. The van der Waals surface area contributed by atoms with Crippen molar-refractivity contribution in [3.05, 3.63) is 58.1 Å². The largest absolute Gasteiger partial charge is 0.506 e. The topological polar surface area (TPSA) is 121 Å². The summed E-state index contributed by atoms with van der Waals surface area (Å²) in [5.74, 6) is -0.658. The minimum absolute atomic E-state index is 0.0350. The molecule has 0 aromatic heterocycles. The second-order valence-electron chi connectivity index (χ2n) is 7.83. The number of hydrogen-bond donors (Lipinski definition) is 1. The molecule has 2 aromatic rings. The van der Waals surface area contributed by atoms with Crippen LogP contribution >= 0.6 is 0 Å². The number of piperidine rings is 1. The van der Waals surface area contributed by atoms with Gasteiger partial charge in [-0.1, -0.05) is 12.1 Å². The molecule has 31 heavy (non-hydrogen) atoms. The standard InChI is InChI=1S/C21H23N3O6S/c25-19-7-1-4-15-5-3-13-23(20(15)19)21(26)16-6-2-12-22(14-16)31(29,30)18-10-8-17(9-11-18)24(27)28/h1,4,7-11,16,25H,2-3,5-6,12-14H2. The number of para-hydroxylation sites is 1. The van der Waals surface area contributed by atoms with Crippen molar-refractivity contribution < 1.29 is 23.2 Å². The SMILES string of the molecule is O=C(C1CCCN(S(=O)(=O)c2ccc([N+](=O)[O-])cc2)C1)N1CCCc2cccc(O)c21. The molecular weight excluding hydrogens is 422 g/mol. The molecule has 1 saturated heterocycles. The van der Waals surface area contributed by atoms with E-state index in [1.54, 1.807) is 17.0 Å². The lowest BCUT2D eigenvalue weighted by Gasteiger charge is -2.36. The van der Waals surface area contributed by atoms with Crippen LogP contribution in [-0.4, -0.2) is 48.3 Å². The van der Waals surface area contributed by atoms with E-state index in [1.807, 2.05) is 6.07 Å². The van der Waals surface area contributed by atoms with E-state index < -0.39 is 20.9 Å². The number of benzene rings is 2. The minimum atomic E-state index is -3.88. The van der Waals surface area contributed by atoms with Gasteiger partial charge in [-0.05, 0) is 49.4 Å². The molecule has 2 aromatic carbocycles. The monoisotopic (exact) mass is 445 g/mol. The van der Waals surface area contributed by atoms with Gasteiger partial charge in [-0.3, -0.25) is 14.9 Å². The van der Waals surface area contributed by atoms with Gasteiger partial charge in [-0.25, -0.2) is 8.42 Å². The molecule has 9 nitrogen and oxygen atoms in total. The Morgan fingerprint density at radius 1 is 1.10 bits per heavy atom. The first kappa shape index (κ1) is 21.3. The van der Waals surface area contributed by atoms with Gasteiger partial charge in [0.25, 0.3) is 5.69 Å². The van der Waals surface area contributed by atoms with E-state index in [0.29, 0.717) is 25.1 Å². The molecule has 10 heteroatoms. The molecule has 1 unspecified atom stereocenters. The maximum absolute atomic E-state index is 13.3. The fourth-order valence-corrected chi connectivity index (χ4v) is 5.85. The zero-order valence-corrected chi connectivity index (χ0v) is 17.6. The molecule has 2 aliphatic rings. The average Bonchev–Trinajstić information content (AvgIpc) is 2.78. The fraction of sp³-hybridized carbons (Fsp3) is 0.381. The van der Waals surface area contributed by atoms with Gasteiger partial charge in [0.05, 0.1) is 21.4 Å². The fourth-order valence-electron chi connectivity index (χ4n) is 4.32. The Kier molecular flexibility index (Phi) is 5.67. The highest BCUT2D eigenvalue weighted by Crippen LogP contribution is 2.37.